The fourth-order valence-electron chi connectivity index (χ4n) is 3.81. The van der Waals surface area contributed by atoms with Crippen molar-refractivity contribution in [3.8, 4) is 11.5 Å². The van der Waals surface area contributed by atoms with E-state index < -0.39 is 0 Å². The van der Waals surface area contributed by atoms with Crippen LogP contribution in [0.1, 0.15) is 17.7 Å². The first kappa shape index (κ1) is 19.5. The van der Waals surface area contributed by atoms with Gasteiger partial charge in [0.25, 0.3) is 0 Å². The topological polar surface area (TPSA) is 63.7 Å². The molecule has 4 rings (SSSR count). The highest BCUT2D eigenvalue weighted by Crippen LogP contribution is 2.33. The van der Waals surface area contributed by atoms with Crippen LogP contribution in [0, 0.1) is 12.8 Å². The van der Waals surface area contributed by atoms with Gasteiger partial charge in [-0.15, -0.1) is 11.3 Å². The third kappa shape index (κ3) is 4.15. The molecule has 0 saturated carbocycles. The lowest BCUT2D eigenvalue weighted by atomic mass is 9.95. The Balaban J connectivity index is 1.42. The first-order valence-corrected chi connectivity index (χ1v) is 10.5. The minimum Gasteiger partial charge on any atom is -0.497 e. The van der Waals surface area contributed by atoms with Gasteiger partial charge in [0.05, 0.1) is 14.2 Å². The van der Waals surface area contributed by atoms with Gasteiger partial charge in [0.2, 0.25) is 5.91 Å². The Labute approximate surface area is 174 Å². The number of carbonyl (C=O) groups is 1. The van der Waals surface area contributed by atoms with Crippen molar-refractivity contribution in [1.29, 1.82) is 0 Å². The molecular weight excluding hydrogens is 386 g/mol. The highest BCUT2D eigenvalue weighted by Gasteiger charge is 2.27. The molecule has 0 atom stereocenters. The summed E-state index contributed by atoms with van der Waals surface area (Å²) in [5.74, 6) is 2.35. The number of piperidine rings is 1. The SMILES string of the molecule is COc1cc(NC(=O)C2CCN(c3nccc4sc(C)cc34)CC2)cc(OC)c1. The zero-order valence-electron chi connectivity index (χ0n) is 16.9. The first-order valence-electron chi connectivity index (χ1n) is 9.71. The van der Waals surface area contributed by atoms with Crippen LogP contribution in [0.15, 0.2) is 36.5 Å². The number of methoxy groups -OCH3 is 2. The maximum Gasteiger partial charge on any atom is 0.227 e. The third-order valence-electron chi connectivity index (χ3n) is 5.33. The summed E-state index contributed by atoms with van der Waals surface area (Å²) >= 11 is 1.79. The van der Waals surface area contributed by atoms with E-state index in [0.29, 0.717) is 17.2 Å². The molecule has 0 aliphatic carbocycles. The van der Waals surface area contributed by atoms with Crippen LogP contribution in [0.3, 0.4) is 0 Å². The van der Waals surface area contributed by atoms with Crippen molar-refractivity contribution in [2.75, 3.05) is 37.5 Å². The number of hydrogen-bond acceptors (Lipinski definition) is 6. The van der Waals surface area contributed by atoms with E-state index in [1.807, 2.05) is 6.20 Å². The molecule has 0 unspecified atom stereocenters. The quantitative estimate of drug-likeness (QED) is 0.671. The lowest BCUT2D eigenvalue weighted by Gasteiger charge is -2.32. The van der Waals surface area contributed by atoms with Crippen LogP contribution in [0.4, 0.5) is 11.5 Å². The molecule has 1 aliphatic rings. The number of amides is 1. The van der Waals surface area contributed by atoms with Crippen LogP contribution in [-0.2, 0) is 4.79 Å². The van der Waals surface area contributed by atoms with Gasteiger partial charge in [-0.3, -0.25) is 4.79 Å². The summed E-state index contributed by atoms with van der Waals surface area (Å²) in [4.78, 5) is 21.0. The van der Waals surface area contributed by atoms with Crippen LogP contribution in [0.25, 0.3) is 10.1 Å². The summed E-state index contributed by atoms with van der Waals surface area (Å²) in [7, 11) is 3.19. The molecule has 3 aromatic rings. The van der Waals surface area contributed by atoms with Crippen molar-refractivity contribution >= 4 is 38.8 Å². The van der Waals surface area contributed by atoms with Crippen LogP contribution in [0.5, 0.6) is 11.5 Å². The molecule has 1 amide bonds. The molecule has 3 heterocycles. The number of nitrogens with one attached hydrogen (secondary N) is 1. The highest BCUT2D eigenvalue weighted by molar-refractivity contribution is 7.19. The minimum absolute atomic E-state index is 0.0214. The molecule has 7 heteroatoms. The zero-order chi connectivity index (χ0) is 20.4. The van der Waals surface area contributed by atoms with E-state index in [2.05, 4.69) is 34.3 Å². The Kier molecular flexibility index (Phi) is 5.58. The molecule has 1 saturated heterocycles. The second kappa shape index (κ2) is 8.29. The summed E-state index contributed by atoms with van der Waals surface area (Å²) in [6, 6.07) is 9.67. The number of hydrogen-bond donors (Lipinski definition) is 1. The Hall–Kier alpha value is -2.80. The van der Waals surface area contributed by atoms with Crippen LogP contribution >= 0.6 is 11.3 Å². The van der Waals surface area contributed by atoms with Gasteiger partial charge < -0.3 is 19.7 Å². The van der Waals surface area contributed by atoms with Gasteiger partial charge in [0.15, 0.2) is 0 Å². The van der Waals surface area contributed by atoms with Crippen LogP contribution in [-0.4, -0.2) is 38.2 Å². The normalized spacial score (nSPS) is 14.8. The van der Waals surface area contributed by atoms with Gasteiger partial charge in [0, 0.05) is 64.1 Å². The molecular formula is C22H25N3O3S. The molecule has 0 radical (unpaired) electrons. The van der Waals surface area contributed by atoms with E-state index in [9.17, 15) is 4.79 Å². The van der Waals surface area contributed by atoms with Crippen LogP contribution < -0.4 is 19.7 Å². The van der Waals surface area contributed by atoms with Crippen molar-refractivity contribution in [3.05, 3.63) is 41.4 Å². The number of ether oxygens (including phenoxy) is 2. The summed E-state index contributed by atoms with van der Waals surface area (Å²) in [5.41, 5.74) is 0.689. The molecule has 1 aliphatic heterocycles. The lowest BCUT2D eigenvalue weighted by molar-refractivity contribution is -0.120. The van der Waals surface area contributed by atoms with Gasteiger partial charge in [-0.1, -0.05) is 0 Å². The molecule has 0 spiro atoms. The van der Waals surface area contributed by atoms with Crippen molar-refractivity contribution < 1.29 is 14.3 Å². The molecule has 1 aromatic carbocycles. The number of pyridine rings is 1. The van der Waals surface area contributed by atoms with E-state index in [1.54, 1.807) is 43.8 Å². The number of aryl methyl sites for hydroxylation is 1. The van der Waals surface area contributed by atoms with E-state index >= 15 is 0 Å². The Morgan fingerprint density at radius 1 is 1.14 bits per heavy atom. The number of aromatic nitrogens is 1. The number of anilines is 2. The number of rotatable bonds is 5. The Morgan fingerprint density at radius 2 is 1.83 bits per heavy atom. The fraction of sp³-hybridized carbons (Fsp3) is 0.364. The molecule has 29 heavy (non-hydrogen) atoms. The zero-order valence-corrected chi connectivity index (χ0v) is 17.7. The van der Waals surface area contributed by atoms with Crippen LogP contribution in [0.2, 0.25) is 0 Å². The average Bonchev–Trinajstić information content (AvgIpc) is 3.13. The van der Waals surface area contributed by atoms with Gasteiger partial charge in [-0.05, 0) is 31.9 Å². The number of carbonyl (C=O) groups excluding carboxylic acids is 1. The summed E-state index contributed by atoms with van der Waals surface area (Å²) in [6.07, 6.45) is 3.48. The maximum absolute atomic E-state index is 12.8. The van der Waals surface area contributed by atoms with E-state index in [-0.39, 0.29) is 11.8 Å². The molecule has 152 valence electrons. The average molecular weight is 412 g/mol. The van der Waals surface area contributed by atoms with Crippen molar-refractivity contribution in [1.82, 2.24) is 4.98 Å². The Bertz CT molecular complexity index is 1000. The maximum atomic E-state index is 12.8. The number of nitrogens with zero attached hydrogens (tertiary/aromatic N) is 2. The van der Waals surface area contributed by atoms with E-state index in [0.717, 1.165) is 31.7 Å². The number of benzene rings is 1. The fourth-order valence-corrected chi connectivity index (χ4v) is 4.72. The smallest absolute Gasteiger partial charge is 0.227 e. The van der Waals surface area contributed by atoms with E-state index in [1.165, 1.54) is 15.0 Å². The number of thiophene rings is 1. The minimum atomic E-state index is -0.0214. The summed E-state index contributed by atoms with van der Waals surface area (Å²) < 4.78 is 11.8. The molecule has 6 nitrogen and oxygen atoms in total. The first-order chi connectivity index (χ1) is 14.1. The monoisotopic (exact) mass is 411 g/mol. The highest BCUT2D eigenvalue weighted by atomic mass is 32.1. The van der Waals surface area contributed by atoms with Gasteiger partial charge >= 0.3 is 0 Å². The molecule has 1 fully saturated rings. The summed E-state index contributed by atoms with van der Waals surface area (Å²) in [6.45, 7) is 3.76. The standard InChI is InChI=1S/C22H25N3O3S/c1-14-10-19-20(29-14)4-7-23-21(19)25-8-5-15(6-9-25)22(26)24-16-11-17(27-2)13-18(12-16)28-3/h4,7,10-13,15H,5-6,8-9H2,1-3H3,(H,24,26). The van der Waals surface area contributed by atoms with Gasteiger partial charge in [-0.2, -0.15) is 0 Å². The predicted octanol–water partition coefficient (Wildman–Crippen LogP) is 4.48. The van der Waals surface area contributed by atoms with Gasteiger partial charge in [-0.25, -0.2) is 4.98 Å². The molecule has 1 N–H and O–H groups in total. The lowest BCUT2D eigenvalue weighted by Crippen LogP contribution is -2.38. The third-order valence-corrected chi connectivity index (χ3v) is 6.35. The van der Waals surface area contributed by atoms with Crippen molar-refractivity contribution in [2.45, 2.75) is 19.8 Å². The largest absolute Gasteiger partial charge is 0.497 e. The van der Waals surface area contributed by atoms with Crippen molar-refractivity contribution in [3.63, 3.8) is 0 Å². The van der Waals surface area contributed by atoms with Gasteiger partial charge in [0.1, 0.15) is 17.3 Å². The molecule has 2 aromatic heterocycles. The molecule has 0 bridgehead atoms. The van der Waals surface area contributed by atoms with Crippen molar-refractivity contribution in [2.24, 2.45) is 5.92 Å². The Morgan fingerprint density at radius 3 is 2.48 bits per heavy atom. The second-order valence-corrected chi connectivity index (χ2v) is 8.54. The summed E-state index contributed by atoms with van der Waals surface area (Å²) in [5, 5.41) is 4.23. The number of fused-ring (bicyclic) bond motifs is 1. The van der Waals surface area contributed by atoms with E-state index in [4.69, 9.17) is 9.47 Å². The predicted molar refractivity (Wildman–Crippen MR) is 117 cm³/mol. The second-order valence-electron chi connectivity index (χ2n) is 7.26.